The van der Waals surface area contributed by atoms with Gasteiger partial charge in [0, 0.05) is 35.7 Å². The number of aliphatic hydroxyl groups excluding tert-OH is 3. The molecule has 3 aromatic carbocycles. The van der Waals surface area contributed by atoms with Crippen LogP contribution in [-0.4, -0.2) is 153 Å². The number of halogens is 7. The van der Waals surface area contributed by atoms with Gasteiger partial charge in [-0.2, -0.15) is 3.89 Å². The molecule has 0 saturated carbocycles. The molecule has 6 rings (SSSR count). The summed E-state index contributed by atoms with van der Waals surface area (Å²) in [7, 11) is 0. The lowest BCUT2D eigenvalue weighted by Gasteiger charge is -2.23. The Balaban J connectivity index is 0.000000300. The Morgan fingerprint density at radius 2 is 0.744 bits per heavy atom. The number of amidine groups is 3. The van der Waals surface area contributed by atoms with E-state index in [2.05, 4.69) is 108 Å². The Hall–Kier alpha value is -4.31. The van der Waals surface area contributed by atoms with Crippen LogP contribution in [0.15, 0.2) is 112 Å². The zero-order chi connectivity index (χ0) is 58.5. The molecule has 3 aromatic heterocycles. The summed E-state index contributed by atoms with van der Waals surface area (Å²) in [5.41, 5.74) is 3.22. The molecule has 0 fully saturated rings. The maximum Gasteiger partial charge on any atom is 0.186 e. The van der Waals surface area contributed by atoms with Crippen molar-refractivity contribution >= 4 is 130 Å². The van der Waals surface area contributed by atoms with Crippen LogP contribution in [0.3, 0.4) is 0 Å². The maximum absolute atomic E-state index is 13.3. The molecule has 0 aliphatic carbocycles. The Morgan fingerprint density at radius 3 is 0.936 bits per heavy atom. The molecule has 6 aromatic rings. The number of rotatable bonds is 18. The molecule has 35 heteroatoms. The van der Waals surface area contributed by atoms with Crippen molar-refractivity contribution in [3.63, 3.8) is 0 Å². The third kappa shape index (κ3) is 22.0. The predicted octanol–water partition coefficient (Wildman–Crippen LogP) is 7.99. The van der Waals surface area contributed by atoms with Gasteiger partial charge in [0.05, 0.1) is 65.6 Å². The second kappa shape index (κ2) is 32.2. The number of aliphatic imine (C=N–C) groups is 3. The maximum atomic E-state index is 13.3. The first-order valence-electron chi connectivity index (χ1n) is 21.6. The zero-order valence-corrected chi connectivity index (χ0v) is 49.6. The van der Waals surface area contributed by atoms with Crippen LogP contribution in [0.5, 0.6) is 0 Å². The standard InChI is InChI=1S/3C14H16BrFN4O4S.CH3FS/c3*1-14(2,22)10(21)6-25-13-11(19-24-20-13)12(18-23)17-7-3-4-9(16)8(15)5-7;1-3-2/h3*3-5,10,21-23H,6H2,1-2H3,(H,17,18);1H3. The number of benzene rings is 3. The summed E-state index contributed by atoms with van der Waals surface area (Å²) in [4.78, 5) is 12.4. The zero-order valence-electron chi connectivity index (χ0n) is 41.6. The molecule has 0 aliphatic rings. The van der Waals surface area contributed by atoms with E-state index in [1.165, 1.54) is 102 Å². The molecule has 3 atom stereocenters. The molecular weight excluding hydrogens is 1320 g/mol. The number of nitrogens with one attached hydrogen (secondary N) is 3. The van der Waals surface area contributed by atoms with Crippen molar-refractivity contribution in [3.05, 3.63) is 103 Å². The highest BCUT2D eigenvalue weighted by Crippen LogP contribution is 2.30. The fourth-order valence-corrected chi connectivity index (χ4v) is 9.13. The van der Waals surface area contributed by atoms with Gasteiger partial charge in [-0.05, 0) is 175 Å². The molecule has 428 valence electrons. The largest absolute Gasteiger partial charge is 0.389 e. The Labute approximate surface area is 483 Å². The number of thioether (sulfide) groups is 3. The van der Waals surface area contributed by atoms with Crippen LogP contribution in [0, 0.1) is 17.5 Å². The van der Waals surface area contributed by atoms with Gasteiger partial charge in [-0.25, -0.2) is 42.0 Å². The van der Waals surface area contributed by atoms with Gasteiger partial charge in [-0.1, -0.05) is 35.3 Å². The van der Waals surface area contributed by atoms with Crippen molar-refractivity contribution in [1.29, 1.82) is 0 Å². The Morgan fingerprint density at radius 1 is 0.513 bits per heavy atom. The third-order valence-electron chi connectivity index (χ3n) is 9.38. The second-order valence-electron chi connectivity index (χ2n) is 16.9. The number of aliphatic hydroxyl groups is 6. The molecular formula is C43H51Br3F4N12O12S4. The van der Waals surface area contributed by atoms with E-state index in [9.17, 15) is 63.3 Å². The van der Waals surface area contributed by atoms with Crippen LogP contribution < -0.4 is 16.4 Å². The Bertz CT molecular complexity index is 2630. The molecule has 24 nitrogen and oxygen atoms in total. The van der Waals surface area contributed by atoms with Gasteiger partial charge in [0.1, 0.15) is 17.5 Å². The van der Waals surface area contributed by atoms with Gasteiger partial charge >= 0.3 is 0 Å². The SMILES string of the molecule is CC(C)(O)C(O)CSc1nonc1C(=Nc1ccc(F)c(Br)c1)NO.CC(C)(O)C(O)CSc1nonc1C(=Nc1ccc(F)c(Br)c1)NO.CC(C)(O)C(O)CSc1nonc1C(=Nc1ccc(F)c(Br)c1)NO.CSF. The van der Waals surface area contributed by atoms with Crippen molar-refractivity contribution in [3.8, 4) is 0 Å². The highest BCUT2D eigenvalue weighted by molar-refractivity contribution is 9.11. The number of hydroxylamine groups is 3. The summed E-state index contributed by atoms with van der Waals surface area (Å²) in [5, 5.41) is 110. The molecule has 3 unspecified atom stereocenters. The average molecular weight is 1370 g/mol. The molecule has 0 bridgehead atoms. The summed E-state index contributed by atoms with van der Waals surface area (Å²) in [6.45, 7) is 8.89. The van der Waals surface area contributed by atoms with E-state index in [0.717, 1.165) is 35.3 Å². The van der Waals surface area contributed by atoms with Gasteiger partial charge in [0.25, 0.3) is 0 Å². The highest BCUT2D eigenvalue weighted by atomic mass is 79.9. The van der Waals surface area contributed by atoms with Gasteiger partial charge < -0.3 is 30.6 Å². The van der Waals surface area contributed by atoms with Crippen LogP contribution in [0.4, 0.5) is 34.1 Å². The summed E-state index contributed by atoms with van der Waals surface area (Å²) in [6, 6.07) is 12.2. The first kappa shape index (κ1) is 68.0. The van der Waals surface area contributed by atoms with E-state index < -0.39 is 52.6 Å². The summed E-state index contributed by atoms with van der Waals surface area (Å²) < 4.78 is 64.7. The lowest BCUT2D eigenvalue weighted by molar-refractivity contribution is -0.0350. The molecule has 0 saturated heterocycles. The van der Waals surface area contributed by atoms with Crippen LogP contribution >= 0.6 is 95.2 Å². The van der Waals surface area contributed by atoms with E-state index in [1.807, 2.05) is 16.4 Å². The smallest absolute Gasteiger partial charge is 0.186 e. The lowest BCUT2D eigenvalue weighted by Crippen LogP contribution is -2.37. The van der Waals surface area contributed by atoms with Gasteiger partial charge in [-0.3, -0.25) is 32.1 Å². The average Bonchev–Trinajstić information content (AvgIpc) is 4.18. The number of nitrogens with zero attached hydrogens (tertiary/aromatic N) is 9. The molecule has 0 aliphatic heterocycles. The molecule has 78 heavy (non-hydrogen) atoms. The van der Waals surface area contributed by atoms with E-state index >= 15 is 0 Å². The minimum Gasteiger partial charge on any atom is -0.389 e. The molecule has 0 radical (unpaired) electrons. The number of hydrogen-bond acceptors (Lipinski definition) is 25. The van der Waals surface area contributed by atoms with E-state index in [-0.39, 0.29) is 92.5 Å². The number of aromatic nitrogens is 6. The fourth-order valence-electron chi connectivity index (χ4n) is 4.79. The first-order chi connectivity index (χ1) is 36.6. The predicted molar refractivity (Wildman–Crippen MR) is 292 cm³/mol. The van der Waals surface area contributed by atoms with Crippen LogP contribution in [0.25, 0.3) is 0 Å². The van der Waals surface area contributed by atoms with Crippen molar-refractivity contribution in [2.75, 3.05) is 23.5 Å². The molecule has 3 heterocycles. The summed E-state index contributed by atoms with van der Waals surface area (Å²) in [5.74, 6) is -1.20. The normalized spacial score (nSPS) is 13.5. The number of hydrogen-bond donors (Lipinski definition) is 12. The first-order valence-corrected chi connectivity index (χ1v) is 28.1. The summed E-state index contributed by atoms with van der Waals surface area (Å²) >= 11 is 12.6. The topological polar surface area (TPSA) is 372 Å². The van der Waals surface area contributed by atoms with E-state index in [1.54, 1.807) is 0 Å². The molecule has 12 N–H and O–H groups in total. The monoisotopic (exact) mass is 1370 g/mol. The van der Waals surface area contributed by atoms with E-state index in [0.29, 0.717) is 17.1 Å². The van der Waals surface area contributed by atoms with Crippen molar-refractivity contribution in [2.45, 2.75) is 91.7 Å². The molecule has 0 amide bonds. The van der Waals surface area contributed by atoms with Crippen molar-refractivity contribution in [2.24, 2.45) is 15.0 Å². The van der Waals surface area contributed by atoms with Crippen molar-refractivity contribution in [1.82, 2.24) is 47.4 Å². The second-order valence-corrected chi connectivity index (χ2v) is 22.8. The van der Waals surface area contributed by atoms with E-state index in [4.69, 9.17) is 0 Å². The minimum atomic E-state index is -1.28. The van der Waals surface area contributed by atoms with Gasteiger partial charge in [0.2, 0.25) is 0 Å². The van der Waals surface area contributed by atoms with Gasteiger partial charge in [0.15, 0.2) is 49.7 Å². The fraction of sp³-hybridized carbons (Fsp3) is 0.372. The quantitative estimate of drug-likeness (QED) is 0.0127. The van der Waals surface area contributed by atoms with Crippen LogP contribution in [0.1, 0.15) is 58.6 Å². The van der Waals surface area contributed by atoms with Crippen LogP contribution in [0.2, 0.25) is 0 Å². The van der Waals surface area contributed by atoms with Crippen molar-refractivity contribution < 1.29 is 77.2 Å². The molecule has 0 spiro atoms. The van der Waals surface area contributed by atoms with Crippen LogP contribution in [-0.2, 0) is 0 Å². The van der Waals surface area contributed by atoms with Gasteiger partial charge in [-0.15, -0.1) is 0 Å². The minimum absolute atomic E-state index is 0.0694. The lowest BCUT2D eigenvalue weighted by atomic mass is 10.0. The Kier molecular flexibility index (Phi) is 28.1. The summed E-state index contributed by atoms with van der Waals surface area (Å²) in [6.07, 6.45) is -1.67. The third-order valence-corrected chi connectivity index (χ3v) is 14.3. The highest BCUT2D eigenvalue weighted by Gasteiger charge is 2.29.